The lowest BCUT2D eigenvalue weighted by Crippen LogP contribution is -2.58. The Bertz CT molecular complexity index is 4920. The summed E-state index contributed by atoms with van der Waals surface area (Å²) in [4.78, 5) is 160. The molecular weight excluding hydrogens is 1490 g/mol. The highest BCUT2D eigenvalue weighted by atomic mass is 16.7. The van der Waals surface area contributed by atoms with E-state index in [-0.39, 0.29) is 93.0 Å². The average Bonchev–Trinajstić information content (AvgIpc) is 1.61. The van der Waals surface area contributed by atoms with Crippen LogP contribution in [0.5, 0.6) is 23.0 Å². The van der Waals surface area contributed by atoms with E-state index in [9.17, 15) is 47.9 Å². The minimum absolute atomic E-state index is 0.0442. The topological polar surface area (TPSA) is 335 Å². The van der Waals surface area contributed by atoms with Crippen molar-refractivity contribution in [3.05, 3.63) is 261 Å². The highest BCUT2D eigenvalue weighted by Gasteiger charge is 2.47. The van der Waals surface area contributed by atoms with Crippen LogP contribution < -0.4 is 30.7 Å². The third-order valence-electron chi connectivity index (χ3n) is 19.6. The number of nitrogens with one attached hydrogen (secondary N) is 4. The van der Waals surface area contributed by atoms with Crippen LogP contribution in [0.1, 0.15) is 147 Å². The summed E-state index contributed by atoms with van der Waals surface area (Å²) in [6.45, 7) is 10.3. The number of imide groups is 2. The van der Waals surface area contributed by atoms with Crippen molar-refractivity contribution in [3.63, 3.8) is 0 Å². The van der Waals surface area contributed by atoms with Gasteiger partial charge in [0.25, 0.3) is 23.6 Å². The van der Waals surface area contributed by atoms with Gasteiger partial charge in [0.15, 0.2) is 12.6 Å². The van der Waals surface area contributed by atoms with Crippen molar-refractivity contribution < 1.29 is 100 Å². The summed E-state index contributed by atoms with van der Waals surface area (Å²) in [5.41, 5.74) is 2.41. The molecule has 0 saturated carbocycles. The number of benzene rings is 8. The number of fused-ring (bicyclic) bond motifs is 6. The largest absolute Gasteiger partial charge is 0.459 e. The molecule has 5 aliphatic rings. The monoisotopic (exact) mass is 1580 g/mol. The fourth-order valence-corrected chi connectivity index (χ4v) is 14.1. The normalized spacial score (nSPS) is 19.3. The second-order valence-corrected chi connectivity index (χ2v) is 30.8. The van der Waals surface area contributed by atoms with Crippen molar-refractivity contribution in [2.45, 2.75) is 166 Å². The van der Waals surface area contributed by atoms with Crippen molar-refractivity contribution in [2.75, 3.05) is 26.4 Å². The molecule has 27 nitrogen and oxygen atoms in total. The maximum Gasteiger partial charge on any atom is 0.408 e. The number of carbonyl (C=O) groups is 11. The summed E-state index contributed by atoms with van der Waals surface area (Å²) in [5, 5.41) is 11.2. The van der Waals surface area contributed by atoms with Crippen LogP contribution in [0.15, 0.2) is 200 Å². The molecule has 0 aliphatic carbocycles. The van der Waals surface area contributed by atoms with Gasteiger partial charge in [0, 0.05) is 44.4 Å². The van der Waals surface area contributed by atoms with Crippen LogP contribution in [0.3, 0.4) is 0 Å². The predicted octanol–water partition coefficient (Wildman–Crippen LogP) is 10.7. The van der Waals surface area contributed by atoms with Crippen molar-refractivity contribution in [2.24, 2.45) is 0 Å². The van der Waals surface area contributed by atoms with Gasteiger partial charge in [-0.15, -0.1) is 0 Å². The Kier molecular flexibility index (Phi) is 25.6. The fourth-order valence-electron chi connectivity index (χ4n) is 14.1. The molecule has 4 bridgehead atoms. The van der Waals surface area contributed by atoms with Crippen molar-refractivity contribution in [3.8, 4) is 23.0 Å². The standard InChI is InChI=1S/C89H90N6O21/c1-88(2,3)115-84(103)71(42-55-25-17-28-61(38-55)113-62-29-19-27-57(40-62)45-74(86(105)111-49-53-21-9-7-10-22-53)95-82(101)67-33-15-16-34-68(67)83(95)102)91-78(97)70(93-87(106)112-50-54-23-11-8-12-24-54)48-76-109-51-60(52-110-76)59-37-58-41-64(46-59)114-63-30-18-26-56(39-63)44-73(94-80(99)65-31-13-14-32-66(65)81(94)100)79(98)90-69(47-75-107-35-20-36-108-75)77(96)92-72(43-58)85(104)116-89(4,5)6/h7-19,21-34,37-41,46,60,69-76H,20,35-36,42-45,47-52H2,1-6H3,(H,90,98)(H,91,97)(H,92,96)(H,93,106)/t60?,69-,70-,71-,72?,73?,74-,76?/m0/s1. The number of carbonyl (C=O) groups excluding carboxylic acids is 11. The van der Waals surface area contributed by atoms with E-state index < -0.39 is 131 Å². The molecule has 0 aromatic heterocycles. The van der Waals surface area contributed by atoms with Crippen molar-refractivity contribution in [1.82, 2.24) is 31.1 Å². The number of hydrogen-bond donors (Lipinski definition) is 4. The first-order valence-corrected chi connectivity index (χ1v) is 38.4. The molecule has 8 aromatic carbocycles. The number of esters is 3. The van der Waals surface area contributed by atoms with Gasteiger partial charge in [0.2, 0.25) is 17.7 Å². The molecule has 602 valence electrons. The Morgan fingerprint density at radius 3 is 1.66 bits per heavy atom. The van der Waals surface area contributed by atoms with Crippen molar-refractivity contribution >= 4 is 65.4 Å². The summed E-state index contributed by atoms with van der Waals surface area (Å²) in [5.74, 6) is -6.99. The van der Waals surface area contributed by atoms with E-state index in [1.807, 2.05) is 6.07 Å². The van der Waals surface area contributed by atoms with Crippen LogP contribution in [-0.2, 0) is 106 Å². The molecule has 2 saturated heterocycles. The Morgan fingerprint density at radius 2 is 1.05 bits per heavy atom. The Morgan fingerprint density at radius 1 is 0.500 bits per heavy atom. The van der Waals surface area contributed by atoms with Crippen LogP contribution in [0, 0.1) is 0 Å². The quantitative estimate of drug-likeness (QED) is 0.0263. The van der Waals surface area contributed by atoms with E-state index in [1.165, 1.54) is 24.3 Å². The Hall–Kier alpha value is -12.4. The highest BCUT2D eigenvalue weighted by molar-refractivity contribution is 6.23. The van der Waals surface area contributed by atoms with Crippen LogP contribution >= 0.6 is 0 Å². The van der Waals surface area contributed by atoms with E-state index in [0.29, 0.717) is 75.8 Å². The third-order valence-corrected chi connectivity index (χ3v) is 19.6. The molecule has 2 unspecified atom stereocenters. The maximum absolute atomic E-state index is 15.0. The summed E-state index contributed by atoms with van der Waals surface area (Å²) < 4.78 is 61.0. The molecule has 27 heteroatoms. The van der Waals surface area contributed by atoms with E-state index in [0.717, 1.165) is 9.80 Å². The van der Waals surface area contributed by atoms with Crippen LogP contribution in [0.25, 0.3) is 0 Å². The SMILES string of the molecule is CC(C)(C)OC(=O)C1Cc2cc(cc(C3COC(C[C@H](NC(=O)OCc4ccccc4)C(=O)N[C@@H](Cc4cccc(Oc5cccc(C[C@@H](C(=O)OCc6ccccc6)N6C(=O)c7ccccc7C6=O)c5)c4)C(=O)OC(C)(C)C)OC3)c2)Oc2cccc(c2)CC(N2C(=O)c3ccccc3C2=O)C(=O)N[C@@H](CC2OCCCO2)C(=O)N1. The van der Waals surface area contributed by atoms with Gasteiger partial charge in [0.1, 0.15) is 83.7 Å². The number of amides is 8. The molecule has 0 radical (unpaired) electrons. The van der Waals surface area contributed by atoms with Gasteiger partial charge in [-0.05, 0) is 160 Å². The molecule has 5 heterocycles. The molecule has 13 rings (SSSR count). The number of ether oxygens (including phenoxy) is 10. The molecule has 8 aromatic rings. The zero-order valence-electron chi connectivity index (χ0n) is 64.9. The first-order chi connectivity index (χ1) is 55.7. The van der Waals surface area contributed by atoms with Gasteiger partial charge in [0.05, 0.1) is 48.7 Å². The summed E-state index contributed by atoms with van der Waals surface area (Å²) in [6, 6.07) is 47.4. The van der Waals surface area contributed by atoms with Gasteiger partial charge < -0.3 is 68.6 Å². The summed E-state index contributed by atoms with van der Waals surface area (Å²) in [6.07, 6.45) is -3.77. The molecule has 2 fully saturated rings. The van der Waals surface area contributed by atoms with Crippen LogP contribution in [0.2, 0.25) is 0 Å². The third kappa shape index (κ3) is 20.9. The van der Waals surface area contributed by atoms with Gasteiger partial charge in [-0.25, -0.2) is 19.2 Å². The molecule has 5 aliphatic heterocycles. The number of alkyl carbamates (subject to hydrolysis) is 1. The van der Waals surface area contributed by atoms with E-state index in [2.05, 4.69) is 21.3 Å². The Labute approximate surface area is 669 Å². The molecule has 4 N–H and O–H groups in total. The van der Waals surface area contributed by atoms with Gasteiger partial charge in [-0.3, -0.25) is 43.4 Å². The molecule has 116 heavy (non-hydrogen) atoms. The number of rotatable bonds is 23. The lowest BCUT2D eigenvalue weighted by molar-refractivity contribution is -0.193. The molecule has 6 atom stereocenters. The zero-order valence-corrected chi connectivity index (χ0v) is 64.9. The molecule has 0 spiro atoms. The minimum atomic E-state index is -1.51. The van der Waals surface area contributed by atoms with E-state index >= 15 is 4.79 Å². The first-order valence-electron chi connectivity index (χ1n) is 38.4. The second-order valence-electron chi connectivity index (χ2n) is 30.8. The summed E-state index contributed by atoms with van der Waals surface area (Å²) >= 11 is 0. The Balaban J connectivity index is 0.742. The number of hydrogen-bond acceptors (Lipinski definition) is 21. The van der Waals surface area contributed by atoms with Gasteiger partial charge in [-0.2, -0.15) is 0 Å². The van der Waals surface area contributed by atoms with Crippen LogP contribution in [0.4, 0.5) is 4.79 Å². The zero-order chi connectivity index (χ0) is 81.8. The average molecular weight is 1580 g/mol. The maximum atomic E-state index is 15.0. The second kappa shape index (κ2) is 36.4. The summed E-state index contributed by atoms with van der Waals surface area (Å²) in [7, 11) is 0. The van der Waals surface area contributed by atoms with Gasteiger partial charge in [-0.1, -0.05) is 127 Å². The van der Waals surface area contributed by atoms with E-state index in [4.69, 9.17) is 47.4 Å². The first kappa shape index (κ1) is 81.6. The highest BCUT2D eigenvalue weighted by Crippen LogP contribution is 2.36. The van der Waals surface area contributed by atoms with Crippen LogP contribution in [-0.4, -0.2) is 162 Å². The van der Waals surface area contributed by atoms with E-state index in [1.54, 1.807) is 211 Å². The minimum Gasteiger partial charge on any atom is -0.459 e. The smallest absolute Gasteiger partial charge is 0.408 e. The molecule has 8 amide bonds. The molecular formula is C89H90N6O21. The predicted molar refractivity (Wildman–Crippen MR) is 417 cm³/mol. The van der Waals surface area contributed by atoms with Crippen molar-refractivity contribution in [1.29, 1.82) is 0 Å². The lowest BCUT2D eigenvalue weighted by Gasteiger charge is -2.33. The fraction of sp³-hybridized carbons (Fsp3) is 0.337. The lowest BCUT2D eigenvalue weighted by atomic mass is 9.94. The number of nitrogens with zero attached hydrogens (tertiary/aromatic N) is 2. The van der Waals surface area contributed by atoms with Gasteiger partial charge >= 0.3 is 24.0 Å².